The van der Waals surface area contributed by atoms with Crippen molar-refractivity contribution in [3.8, 4) is 44.5 Å². The van der Waals surface area contributed by atoms with Crippen molar-refractivity contribution < 1.29 is 8.83 Å². The molecule has 0 fully saturated rings. The summed E-state index contributed by atoms with van der Waals surface area (Å²) < 4.78 is 14.0. The van der Waals surface area contributed by atoms with Gasteiger partial charge in [-0.3, -0.25) is 0 Å². The molecule has 2 nitrogen and oxygen atoms in total. The van der Waals surface area contributed by atoms with E-state index >= 15 is 0 Å². The van der Waals surface area contributed by atoms with Crippen LogP contribution in [-0.4, -0.2) is 0 Å². The van der Waals surface area contributed by atoms with Gasteiger partial charge in [0.15, 0.2) is 0 Å². The largest absolute Gasteiger partial charge is 0.472 e. The molecule has 0 bridgehead atoms. The summed E-state index contributed by atoms with van der Waals surface area (Å²) in [6.45, 7) is 4.25. The molecule has 0 unspecified atom stereocenters. The van der Waals surface area contributed by atoms with E-state index in [1.54, 1.807) is 0 Å². The summed E-state index contributed by atoms with van der Waals surface area (Å²) in [6, 6.07) is 49.4. The number of hydrogen-bond donors (Lipinski definition) is 0. The fourth-order valence-electron chi connectivity index (χ4n) is 8.78. The monoisotopic (exact) mass is 696 g/mol. The van der Waals surface area contributed by atoms with Crippen molar-refractivity contribution in [3.05, 3.63) is 170 Å². The maximum absolute atomic E-state index is 5.69. The van der Waals surface area contributed by atoms with Crippen LogP contribution in [-0.2, 0) is 0 Å². The van der Waals surface area contributed by atoms with Crippen LogP contribution in [0.3, 0.4) is 0 Å². The second-order valence-corrected chi connectivity index (χ2v) is 15.2. The Labute approximate surface area is 310 Å². The fourth-order valence-corrected chi connectivity index (χ4v) is 9.91. The summed E-state index contributed by atoms with van der Waals surface area (Å²) in [5, 5.41) is 12.5. The minimum atomic E-state index is 1.14. The van der Waals surface area contributed by atoms with E-state index in [0.29, 0.717) is 0 Å². The Morgan fingerprint density at radius 3 is 1.15 bits per heavy atom. The number of benzene rings is 8. The van der Waals surface area contributed by atoms with E-state index in [2.05, 4.69) is 147 Å². The Kier molecular flexibility index (Phi) is 6.58. The van der Waals surface area contributed by atoms with Crippen molar-refractivity contribution in [1.29, 1.82) is 0 Å². The van der Waals surface area contributed by atoms with Crippen LogP contribution in [0, 0.1) is 13.8 Å². The third kappa shape index (κ3) is 4.44. The number of rotatable bonds is 4. The Bertz CT molecular complexity index is 3150. The maximum Gasteiger partial charge on any atom is 0.0984 e. The molecule has 0 amide bonds. The molecule has 53 heavy (non-hydrogen) atoms. The first-order valence-corrected chi connectivity index (χ1v) is 18.9. The first-order chi connectivity index (χ1) is 26.1. The van der Waals surface area contributed by atoms with Crippen LogP contribution >= 0.6 is 11.3 Å². The molecule has 0 aliphatic rings. The third-order valence-corrected chi connectivity index (χ3v) is 12.3. The van der Waals surface area contributed by atoms with Gasteiger partial charge >= 0.3 is 0 Å². The van der Waals surface area contributed by atoms with E-state index in [4.69, 9.17) is 8.83 Å². The fraction of sp³-hybridized carbons (Fsp3) is 0.0400. The van der Waals surface area contributed by atoms with Gasteiger partial charge < -0.3 is 8.83 Å². The zero-order valence-electron chi connectivity index (χ0n) is 29.2. The molecule has 0 saturated carbocycles. The molecule has 0 saturated heterocycles. The Morgan fingerprint density at radius 1 is 0.340 bits per heavy atom. The quantitative estimate of drug-likeness (QED) is 0.171. The van der Waals surface area contributed by atoms with E-state index in [0.717, 1.165) is 22.3 Å². The molecule has 11 rings (SSSR count). The van der Waals surface area contributed by atoms with E-state index in [1.807, 2.05) is 36.4 Å². The van der Waals surface area contributed by atoms with Crippen LogP contribution in [0.5, 0.6) is 0 Å². The van der Waals surface area contributed by atoms with E-state index in [-0.39, 0.29) is 0 Å². The lowest BCUT2D eigenvalue weighted by molar-refractivity contribution is 0.566. The zero-order chi connectivity index (χ0) is 35.2. The molecule has 3 heteroatoms. The normalized spacial score (nSPS) is 12.0. The van der Waals surface area contributed by atoms with Gasteiger partial charge in [0.05, 0.1) is 25.1 Å². The van der Waals surface area contributed by atoms with Crippen LogP contribution in [0.25, 0.3) is 108 Å². The minimum Gasteiger partial charge on any atom is -0.472 e. The molecule has 0 radical (unpaired) electrons. The van der Waals surface area contributed by atoms with Gasteiger partial charge in [-0.25, -0.2) is 0 Å². The summed E-state index contributed by atoms with van der Waals surface area (Å²) in [6.07, 6.45) is 7.47. The van der Waals surface area contributed by atoms with Gasteiger partial charge in [-0.15, -0.1) is 11.3 Å². The molecule has 0 atom stereocenters. The number of aryl methyl sites for hydroxylation is 2. The molecule has 11 aromatic rings. The first kappa shape index (κ1) is 30.2. The van der Waals surface area contributed by atoms with Gasteiger partial charge in [0.2, 0.25) is 0 Å². The van der Waals surface area contributed by atoms with Gasteiger partial charge in [-0.05, 0) is 109 Å². The first-order valence-electron chi connectivity index (χ1n) is 18.0. The topological polar surface area (TPSA) is 26.3 Å². The highest BCUT2D eigenvalue weighted by Crippen LogP contribution is 2.48. The van der Waals surface area contributed by atoms with E-state index in [9.17, 15) is 0 Å². The van der Waals surface area contributed by atoms with Crippen LogP contribution < -0.4 is 0 Å². The highest BCUT2D eigenvalue weighted by Gasteiger charge is 2.21. The highest BCUT2D eigenvalue weighted by atomic mass is 32.1. The lowest BCUT2D eigenvalue weighted by atomic mass is 9.85. The van der Waals surface area contributed by atoms with Crippen molar-refractivity contribution in [2.45, 2.75) is 13.8 Å². The third-order valence-electron chi connectivity index (χ3n) is 11.2. The summed E-state index contributed by atoms with van der Waals surface area (Å²) >= 11 is 1.88. The molecule has 250 valence electrons. The van der Waals surface area contributed by atoms with Crippen LogP contribution in [0.1, 0.15) is 11.1 Å². The van der Waals surface area contributed by atoms with Crippen molar-refractivity contribution in [2.24, 2.45) is 0 Å². The highest BCUT2D eigenvalue weighted by molar-refractivity contribution is 7.25. The molecule has 0 N–H and O–H groups in total. The van der Waals surface area contributed by atoms with Crippen LogP contribution in [0.4, 0.5) is 0 Å². The van der Waals surface area contributed by atoms with Gasteiger partial charge in [0.25, 0.3) is 0 Å². The Hall–Kier alpha value is -6.42. The second kappa shape index (κ2) is 11.5. The Balaban J connectivity index is 1.13. The molecule has 8 aromatic carbocycles. The summed E-state index contributed by atoms with van der Waals surface area (Å²) in [5.41, 5.74) is 12.0. The summed E-state index contributed by atoms with van der Waals surface area (Å²) in [7, 11) is 0. The maximum atomic E-state index is 5.69. The predicted octanol–water partition coefficient (Wildman–Crippen LogP) is 15.1. The van der Waals surface area contributed by atoms with Crippen molar-refractivity contribution >= 4 is 74.6 Å². The molecule has 3 aromatic heterocycles. The number of fused-ring (bicyclic) bond motifs is 7. The Morgan fingerprint density at radius 2 is 0.736 bits per heavy atom. The SMILES string of the molecule is Cc1cocc1-c1c2ccccc2c(-c2ccc3c(c2)sc2ccc(-c4c5ccccc5c(-c5cocc5C)c5ccccc45)cc23)c2ccccc12. The summed E-state index contributed by atoms with van der Waals surface area (Å²) in [4.78, 5) is 0. The molecular weight excluding hydrogens is 665 g/mol. The molecule has 0 spiro atoms. The van der Waals surface area contributed by atoms with E-state index < -0.39 is 0 Å². The average molecular weight is 697 g/mol. The van der Waals surface area contributed by atoms with Crippen LogP contribution in [0.2, 0.25) is 0 Å². The predicted molar refractivity (Wildman–Crippen MR) is 225 cm³/mol. The van der Waals surface area contributed by atoms with Gasteiger partial charge in [0, 0.05) is 42.4 Å². The molecule has 3 heterocycles. The van der Waals surface area contributed by atoms with Gasteiger partial charge in [-0.1, -0.05) is 115 Å². The lowest BCUT2D eigenvalue weighted by Crippen LogP contribution is -1.91. The average Bonchev–Trinajstić information content (AvgIpc) is 3.93. The standard InChI is InChI=1S/C50H32O2S/c1-29-25-51-27-43(29)49-38-15-7-3-11-34(38)47(35-12-4-8-16-39(35)49)31-20-22-45-42(23-31)33-21-19-32(24-46(33)53-45)48-36-13-5-9-17-40(36)50(44-28-52-26-30(44)2)41-18-10-6-14-37(41)48/h3-28H,1-2H3. The molecule has 0 aliphatic carbocycles. The number of thiophene rings is 1. The smallest absolute Gasteiger partial charge is 0.0984 e. The lowest BCUT2D eigenvalue weighted by Gasteiger charge is -2.17. The van der Waals surface area contributed by atoms with Gasteiger partial charge in [-0.2, -0.15) is 0 Å². The minimum absolute atomic E-state index is 1.14. The number of furan rings is 2. The van der Waals surface area contributed by atoms with E-state index in [1.165, 1.54) is 96.6 Å². The molecular formula is C50H32O2S. The second-order valence-electron chi connectivity index (χ2n) is 14.1. The van der Waals surface area contributed by atoms with Gasteiger partial charge in [0.1, 0.15) is 0 Å². The number of hydrogen-bond acceptors (Lipinski definition) is 3. The van der Waals surface area contributed by atoms with Crippen molar-refractivity contribution in [2.75, 3.05) is 0 Å². The van der Waals surface area contributed by atoms with Crippen LogP contribution in [0.15, 0.2) is 167 Å². The van der Waals surface area contributed by atoms with Crippen molar-refractivity contribution in [3.63, 3.8) is 0 Å². The summed E-state index contributed by atoms with van der Waals surface area (Å²) in [5.74, 6) is 0. The molecule has 0 aliphatic heterocycles. The van der Waals surface area contributed by atoms with Crippen molar-refractivity contribution in [1.82, 2.24) is 0 Å². The zero-order valence-corrected chi connectivity index (χ0v) is 30.1.